The van der Waals surface area contributed by atoms with Gasteiger partial charge in [0, 0.05) is 29.2 Å². The third-order valence-electron chi connectivity index (χ3n) is 3.37. The van der Waals surface area contributed by atoms with Gasteiger partial charge in [-0.05, 0) is 53.4 Å². The molecule has 2 heterocycles. The molecule has 23 heavy (non-hydrogen) atoms. The molecule has 1 amide bonds. The van der Waals surface area contributed by atoms with E-state index in [-0.39, 0.29) is 5.91 Å². The van der Waals surface area contributed by atoms with E-state index in [4.69, 9.17) is 5.26 Å². The highest BCUT2D eigenvalue weighted by Crippen LogP contribution is 2.20. The molecule has 2 aromatic heterocycles. The van der Waals surface area contributed by atoms with Crippen LogP contribution in [0.25, 0.3) is 11.3 Å². The summed E-state index contributed by atoms with van der Waals surface area (Å²) in [4.78, 5) is 16.5. The van der Waals surface area contributed by atoms with E-state index in [9.17, 15) is 4.79 Å². The largest absolute Gasteiger partial charge is 0.348 e. The third-order valence-corrected chi connectivity index (χ3v) is 4.05. The molecule has 1 aromatic carbocycles. The summed E-state index contributed by atoms with van der Waals surface area (Å²) in [5.74, 6) is -0.164. The lowest BCUT2D eigenvalue weighted by molar-refractivity contribution is 0.0951. The maximum atomic E-state index is 12.1. The molecular formula is C18H13N3OS. The second-order valence-corrected chi connectivity index (χ2v) is 5.71. The van der Waals surface area contributed by atoms with E-state index in [1.165, 1.54) is 0 Å². The SMILES string of the molecule is N#Cc1ccc(C(=O)NCc2ccnc(-c3ccsc3)c2)cc1. The minimum atomic E-state index is -0.164. The molecule has 0 bridgehead atoms. The summed E-state index contributed by atoms with van der Waals surface area (Å²) >= 11 is 1.63. The first-order chi connectivity index (χ1) is 11.3. The zero-order valence-electron chi connectivity index (χ0n) is 12.2. The summed E-state index contributed by atoms with van der Waals surface area (Å²) in [6.45, 7) is 0.429. The quantitative estimate of drug-likeness (QED) is 0.799. The van der Waals surface area contributed by atoms with Gasteiger partial charge in [-0.1, -0.05) is 0 Å². The molecule has 0 radical (unpaired) electrons. The van der Waals surface area contributed by atoms with Crippen molar-refractivity contribution < 1.29 is 4.79 Å². The number of nitriles is 1. The Morgan fingerprint density at radius 1 is 1.22 bits per heavy atom. The van der Waals surface area contributed by atoms with Crippen molar-refractivity contribution in [3.05, 3.63) is 76.1 Å². The minimum Gasteiger partial charge on any atom is -0.348 e. The summed E-state index contributed by atoms with van der Waals surface area (Å²) in [5, 5.41) is 15.7. The van der Waals surface area contributed by atoms with E-state index in [2.05, 4.69) is 10.3 Å². The fourth-order valence-electron chi connectivity index (χ4n) is 2.13. The predicted molar refractivity (Wildman–Crippen MR) is 89.9 cm³/mol. The summed E-state index contributed by atoms with van der Waals surface area (Å²) in [6, 6.07) is 14.5. The van der Waals surface area contributed by atoms with E-state index < -0.39 is 0 Å². The number of thiophene rings is 1. The molecule has 0 aliphatic rings. The van der Waals surface area contributed by atoms with Crippen molar-refractivity contribution in [2.45, 2.75) is 6.54 Å². The molecular weight excluding hydrogens is 306 g/mol. The van der Waals surface area contributed by atoms with Crippen LogP contribution in [0.2, 0.25) is 0 Å². The van der Waals surface area contributed by atoms with Crippen LogP contribution in [0.15, 0.2) is 59.4 Å². The third kappa shape index (κ3) is 3.62. The van der Waals surface area contributed by atoms with Gasteiger partial charge in [-0.25, -0.2) is 0 Å². The summed E-state index contributed by atoms with van der Waals surface area (Å²) < 4.78 is 0. The van der Waals surface area contributed by atoms with Crippen LogP contribution >= 0.6 is 11.3 Å². The highest BCUT2D eigenvalue weighted by atomic mass is 32.1. The number of benzene rings is 1. The van der Waals surface area contributed by atoms with Gasteiger partial charge < -0.3 is 5.32 Å². The van der Waals surface area contributed by atoms with Crippen LogP contribution in [-0.4, -0.2) is 10.9 Å². The molecule has 3 aromatic rings. The number of nitrogens with zero attached hydrogens (tertiary/aromatic N) is 2. The van der Waals surface area contributed by atoms with Crippen molar-refractivity contribution in [2.75, 3.05) is 0 Å². The Morgan fingerprint density at radius 2 is 2.04 bits per heavy atom. The van der Waals surface area contributed by atoms with Crippen LogP contribution in [0.1, 0.15) is 21.5 Å². The van der Waals surface area contributed by atoms with Crippen molar-refractivity contribution >= 4 is 17.2 Å². The number of aromatic nitrogens is 1. The predicted octanol–water partition coefficient (Wildman–Crippen LogP) is 3.61. The van der Waals surface area contributed by atoms with Gasteiger partial charge in [-0.2, -0.15) is 16.6 Å². The van der Waals surface area contributed by atoms with Gasteiger partial charge in [0.15, 0.2) is 0 Å². The number of amides is 1. The van der Waals surface area contributed by atoms with E-state index in [0.29, 0.717) is 17.7 Å². The Kier molecular flexibility index (Phi) is 4.46. The molecule has 0 aliphatic heterocycles. The molecule has 0 atom stereocenters. The van der Waals surface area contributed by atoms with Crippen molar-refractivity contribution in [3.8, 4) is 17.3 Å². The number of rotatable bonds is 4. The Bertz CT molecular complexity index is 849. The molecule has 0 fully saturated rings. The first-order valence-corrected chi connectivity index (χ1v) is 7.96. The van der Waals surface area contributed by atoms with Crippen LogP contribution in [0.4, 0.5) is 0 Å². The average molecular weight is 319 g/mol. The molecule has 0 unspecified atom stereocenters. The summed E-state index contributed by atoms with van der Waals surface area (Å²) in [7, 11) is 0. The highest BCUT2D eigenvalue weighted by molar-refractivity contribution is 7.08. The molecule has 0 saturated carbocycles. The first-order valence-electron chi connectivity index (χ1n) is 7.02. The molecule has 4 nitrogen and oxygen atoms in total. The van der Waals surface area contributed by atoms with Crippen molar-refractivity contribution in [1.82, 2.24) is 10.3 Å². The van der Waals surface area contributed by atoms with Gasteiger partial charge in [0.05, 0.1) is 17.3 Å². The second-order valence-electron chi connectivity index (χ2n) is 4.93. The smallest absolute Gasteiger partial charge is 0.251 e. The molecule has 0 spiro atoms. The average Bonchev–Trinajstić information content (AvgIpc) is 3.15. The number of pyridine rings is 1. The fourth-order valence-corrected chi connectivity index (χ4v) is 2.78. The normalized spacial score (nSPS) is 10.0. The molecule has 3 rings (SSSR count). The van der Waals surface area contributed by atoms with Crippen LogP contribution in [0.3, 0.4) is 0 Å². The monoisotopic (exact) mass is 319 g/mol. The highest BCUT2D eigenvalue weighted by Gasteiger charge is 2.06. The maximum Gasteiger partial charge on any atom is 0.251 e. The van der Waals surface area contributed by atoms with Crippen LogP contribution in [0.5, 0.6) is 0 Å². The lowest BCUT2D eigenvalue weighted by atomic mass is 10.1. The van der Waals surface area contributed by atoms with Gasteiger partial charge >= 0.3 is 0 Å². The molecule has 0 saturated heterocycles. The standard InChI is InChI=1S/C18H13N3OS/c19-10-13-1-3-15(4-2-13)18(22)21-11-14-5-7-20-17(9-14)16-6-8-23-12-16/h1-9,12H,11H2,(H,21,22). The Morgan fingerprint density at radius 3 is 2.74 bits per heavy atom. The Balaban J connectivity index is 1.67. The number of nitrogens with one attached hydrogen (secondary N) is 1. The van der Waals surface area contributed by atoms with E-state index in [1.807, 2.05) is 35.0 Å². The number of carbonyl (C=O) groups excluding carboxylic acids is 1. The Labute approximate surface area is 138 Å². The van der Waals surface area contributed by atoms with Crippen LogP contribution in [-0.2, 0) is 6.54 Å². The van der Waals surface area contributed by atoms with Gasteiger partial charge in [-0.3, -0.25) is 9.78 Å². The van der Waals surface area contributed by atoms with Crippen LogP contribution in [0, 0.1) is 11.3 Å². The zero-order chi connectivity index (χ0) is 16.1. The second kappa shape index (κ2) is 6.86. The molecule has 5 heteroatoms. The van der Waals surface area contributed by atoms with Gasteiger partial charge in [-0.15, -0.1) is 0 Å². The number of hydrogen-bond acceptors (Lipinski definition) is 4. The fraction of sp³-hybridized carbons (Fsp3) is 0.0556. The lowest BCUT2D eigenvalue weighted by Gasteiger charge is -2.06. The molecule has 1 N–H and O–H groups in total. The topological polar surface area (TPSA) is 65.8 Å². The first kappa shape index (κ1) is 14.9. The maximum absolute atomic E-state index is 12.1. The number of carbonyl (C=O) groups is 1. The van der Waals surface area contributed by atoms with Crippen molar-refractivity contribution in [3.63, 3.8) is 0 Å². The molecule has 112 valence electrons. The zero-order valence-corrected chi connectivity index (χ0v) is 13.0. The van der Waals surface area contributed by atoms with Crippen LogP contribution < -0.4 is 5.32 Å². The lowest BCUT2D eigenvalue weighted by Crippen LogP contribution is -2.22. The van der Waals surface area contributed by atoms with Gasteiger partial charge in [0.25, 0.3) is 5.91 Å². The minimum absolute atomic E-state index is 0.164. The molecule has 0 aliphatic carbocycles. The van der Waals surface area contributed by atoms with Gasteiger partial charge in [0.1, 0.15) is 0 Å². The van der Waals surface area contributed by atoms with E-state index >= 15 is 0 Å². The Hall–Kier alpha value is -2.97. The summed E-state index contributed by atoms with van der Waals surface area (Å²) in [6.07, 6.45) is 1.75. The van der Waals surface area contributed by atoms with E-state index in [1.54, 1.807) is 41.8 Å². The number of hydrogen-bond donors (Lipinski definition) is 1. The van der Waals surface area contributed by atoms with Gasteiger partial charge in [0.2, 0.25) is 0 Å². The van der Waals surface area contributed by atoms with Crippen molar-refractivity contribution in [1.29, 1.82) is 5.26 Å². The summed E-state index contributed by atoms with van der Waals surface area (Å²) in [5.41, 5.74) is 4.04. The van der Waals surface area contributed by atoms with Crippen molar-refractivity contribution in [2.24, 2.45) is 0 Å². The van der Waals surface area contributed by atoms with E-state index in [0.717, 1.165) is 16.8 Å².